The van der Waals surface area contributed by atoms with E-state index in [1.54, 1.807) is 26.0 Å². The van der Waals surface area contributed by atoms with Crippen molar-refractivity contribution in [2.45, 2.75) is 26.2 Å². The van der Waals surface area contributed by atoms with Gasteiger partial charge in [0.25, 0.3) is 0 Å². The first-order valence-corrected chi connectivity index (χ1v) is 7.29. The van der Waals surface area contributed by atoms with Crippen LogP contribution in [0.5, 0.6) is 0 Å². The van der Waals surface area contributed by atoms with Crippen molar-refractivity contribution in [1.82, 2.24) is 0 Å². The summed E-state index contributed by atoms with van der Waals surface area (Å²) in [5.41, 5.74) is 0.468. The number of hydrogen-bond acceptors (Lipinski definition) is 2. The Morgan fingerprint density at radius 1 is 0.955 bits per heavy atom. The number of Topliss-reactive ketones (excluding diaryl/α,β-unsaturated/α-hetero) is 1. The summed E-state index contributed by atoms with van der Waals surface area (Å²) in [6, 6.07) is 18.4. The Balaban J connectivity index is 2.34. The molecule has 3 nitrogen and oxygen atoms in total. The Hall–Kier alpha value is -2.42. The zero-order valence-corrected chi connectivity index (χ0v) is 12.8. The highest BCUT2D eigenvalue weighted by Gasteiger charge is 2.39. The maximum atomic E-state index is 12.5. The Morgan fingerprint density at radius 3 is 1.95 bits per heavy atom. The van der Waals surface area contributed by atoms with Gasteiger partial charge < -0.3 is 5.11 Å². The van der Waals surface area contributed by atoms with Crippen LogP contribution in [0.15, 0.2) is 60.7 Å². The molecule has 1 atom stereocenters. The Labute approximate surface area is 130 Å². The number of aliphatic carboxylic acids is 1. The zero-order valence-electron chi connectivity index (χ0n) is 12.8. The van der Waals surface area contributed by atoms with E-state index in [9.17, 15) is 14.7 Å². The van der Waals surface area contributed by atoms with Crippen LogP contribution in [0, 0.1) is 5.41 Å². The molecule has 0 bridgehead atoms. The maximum Gasteiger partial charge on any atom is 0.309 e. The monoisotopic (exact) mass is 296 g/mol. The fourth-order valence-corrected chi connectivity index (χ4v) is 2.55. The minimum atomic E-state index is -1.02. The van der Waals surface area contributed by atoms with Gasteiger partial charge in [0.1, 0.15) is 0 Å². The predicted molar refractivity (Wildman–Crippen MR) is 86.0 cm³/mol. The van der Waals surface area contributed by atoms with Crippen molar-refractivity contribution >= 4 is 11.8 Å². The van der Waals surface area contributed by atoms with Gasteiger partial charge in [-0.1, -0.05) is 60.7 Å². The number of carbonyl (C=O) groups is 2. The third-order valence-corrected chi connectivity index (χ3v) is 4.11. The highest BCUT2D eigenvalue weighted by molar-refractivity contribution is 5.97. The number of carboxylic acid groups (broad SMARTS) is 1. The van der Waals surface area contributed by atoms with E-state index >= 15 is 0 Å². The van der Waals surface area contributed by atoms with Gasteiger partial charge in [0, 0.05) is 17.9 Å². The summed E-state index contributed by atoms with van der Waals surface area (Å²) in [5.74, 6) is -1.31. The molecular formula is C19H20O3. The second-order valence-corrected chi connectivity index (χ2v) is 5.98. The average molecular weight is 296 g/mol. The van der Waals surface area contributed by atoms with Gasteiger partial charge in [0.2, 0.25) is 0 Å². The van der Waals surface area contributed by atoms with Gasteiger partial charge >= 0.3 is 5.97 Å². The smallest absolute Gasteiger partial charge is 0.309 e. The second-order valence-electron chi connectivity index (χ2n) is 5.98. The number of carbonyl (C=O) groups excluding carboxylic acids is 1. The number of benzene rings is 2. The topological polar surface area (TPSA) is 54.4 Å². The maximum absolute atomic E-state index is 12.5. The van der Waals surface area contributed by atoms with Crippen LogP contribution in [-0.4, -0.2) is 16.9 Å². The first-order chi connectivity index (χ1) is 10.4. The van der Waals surface area contributed by atoms with Gasteiger partial charge in [-0.05, 0) is 19.4 Å². The second kappa shape index (κ2) is 6.56. The van der Waals surface area contributed by atoms with E-state index in [1.807, 2.05) is 48.5 Å². The molecule has 2 aromatic rings. The lowest BCUT2D eigenvalue weighted by Crippen LogP contribution is -2.32. The first-order valence-electron chi connectivity index (χ1n) is 7.29. The Morgan fingerprint density at radius 2 is 1.45 bits per heavy atom. The van der Waals surface area contributed by atoms with Crippen LogP contribution >= 0.6 is 0 Å². The number of rotatable bonds is 6. The van der Waals surface area contributed by atoms with E-state index in [0.717, 1.165) is 5.56 Å². The molecule has 114 valence electrons. The normalized spacial score (nSPS) is 12.6. The van der Waals surface area contributed by atoms with Gasteiger partial charge in [-0.3, -0.25) is 9.59 Å². The lowest BCUT2D eigenvalue weighted by atomic mass is 9.72. The summed E-state index contributed by atoms with van der Waals surface area (Å²) < 4.78 is 0. The van der Waals surface area contributed by atoms with E-state index in [0.29, 0.717) is 5.56 Å². The summed E-state index contributed by atoms with van der Waals surface area (Å²) >= 11 is 0. The van der Waals surface area contributed by atoms with Crippen molar-refractivity contribution in [1.29, 1.82) is 0 Å². The predicted octanol–water partition coefficient (Wildman–Crippen LogP) is 4.15. The summed E-state index contributed by atoms with van der Waals surface area (Å²) in [6.45, 7) is 3.34. The van der Waals surface area contributed by atoms with Crippen LogP contribution in [0.4, 0.5) is 0 Å². The summed E-state index contributed by atoms with van der Waals surface area (Å²) in [7, 11) is 0. The minimum Gasteiger partial charge on any atom is -0.481 e. The summed E-state index contributed by atoms with van der Waals surface area (Å²) in [5, 5.41) is 9.55. The molecule has 2 aromatic carbocycles. The van der Waals surface area contributed by atoms with Crippen LogP contribution in [-0.2, 0) is 4.79 Å². The highest BCUT2D eigenvalue weighted by atomic mass is 16.4. The minimum absolute atomic E-state index is 0.0382. The van der Waals surface area contributed by atoms with Gasteiger partial charge in [-0.25, -0.2) is 0 Å². The molecule has 0 aromatic heterocycles. The molecule has 2 rings (SSSR count). The Bertz CT molecular complexity index is 645. The van der Waals surface area contributed by atoms with Gasteiger partial charge in [0.15, 0.2) is 5.78 Å². The van der Waals surface area contributed by atoms with E-state index < -0.39 is 11.4 Å². The van der Waals surface area contributed by atoms with Crippen LogP contribution in [0.2, 0.25) is 0 Å². The molecule has 0 radical (unpaired) electrons. The van der Waals surface area contributed by atoms with Crippen molar-refractivity contribution in [3.05, 3.63) is 71.8 Å². The summed E-state index contributed by atoms with van der Waals surface area (Å²) in [6.07, 6.45) is 0.174. The molecule has 0 heterocycles. The van der Waals surface area contributed by atoms with Gasteiger partial charge in [-0.2, -0.15) is 0 Å². The summed E-state index contributed by atoms with van der Waals surface area (Å²) in [4.78, 5) is 24.1. The Kier molecular flexibility index (Phi) is 4.76. The lowest BCUT2D eigenvalue weighted by Gasteiger charge is -2.30. The van der Waals surface area contributed by atoms with Crippen molar-refractivity contribution < 1.29 is 14.7 Å². The molecule has 0 fully saturated rings. The molecule has 0 saturated carbocycles. The molecule has 0 amide bonds. The highest BCUT2D eigenvalue weighted by Crippen LogP contribution is 2.39. The molecule has 3 heteroatoms. The van der Waals surface area contributed by atoms with E-state index in [-0.39, 0.29) is 18.1 Å². The van der Waals surface area contributed by atoms with E-state index in [2.05, 4.69) is 0 Å². The molecule has 1 N–H and O–H groups in total. The third-order valence-electron chi connectivity index (χ3n) is 4.11. The first kappa shape index (κ1) is 16.0. The fourth-order valence-electron chi connectivity index (χ4n) is 2.55. The van der Waals surface area contributed by atoms with Crippen LogP contribution in [0.25, 0.3) is 0 Å². The molecule has 0 aliphatic carbocycles. The van der Waals surface area contributed by atoms with Crippen molar-refractivity contribution in [2.75, 3.05) is 0 Å². The molecule has 0 saturated heterocycles. The van der Waals surface area contributed by atoms with Crippen molar-refractivity contribution in [3.8, 4) is 0 Å². The van der Waals surface area contributed by atoms with Gasteiger partial charge in [0.05, 0.1) is 5.41 Å². The SMILES string of the molecule is CC(C)(C(=O)O)C(CC(=O)c1ccccc1)c1ccccc1. The number of carboxylic acids is 1. The quantitative estimate of drug-likeness (QED) is 0.815. The van der Waals surface area contributed by atoms with E-state index in [1.165, 1.54) is 0 Å². The van der Waals surface area contributed by atoms with Crippen LogP contribution in [0.3, 0.4) is 0 Å². The van der Waals surface area contributed by atoms with Crippen molar-refractivity contribution in [3.63, 3.8) is 0 Å². The standard InChI is InChI=1S/C19H20O3/c1-19(2,18(21)22)16(14-9-5-3-6-10-14)13-17(20)15-11-7-4-8-12-15/h3-12,16H,13H2,1-2H3,(H,21,22). The lowest BCUT2D eigenvalue weighted by molar-refractivity contribution is -0.148. The number of hydrogen-bond donors (Lipinski definition) is 1. The van der Waals surface area contributed by atoms with Crippen LogP contribution in [0.1, 0.15) is 42.1 Å². The molecular weight excluding hydrogens is 276 g/mol. The van der Waals surface area contributed by atoms with Gasteiger partial charge in [-0.15, -0.1) is 0 Å². The third kappa shape index (κ3) is 3.42. The van der Waals surface area contributed by atoms with Crippen LogP contribution < -0.4 is 0 Å². The molecule has 1 unspecified atom stereocenters. The molecule has 0 aliphatic rings. The fraction of sp³-hybridized carbons (Fsp3) is 0.263. The zero-order chi connectivity index (χ0) is 16.2. The molecule has 22 heavy (non-hydrogen) atoms. The number of ketones is 1. The average Bonchev–Trinajstić information content (AvgIpc) is 2.53. The molecule has 0 spiro atoms. The largest absolute Gasteiger partial charge is 0.481 e. The molecule has 0 aliphatic heterocycles. The van der Waals surface area contributed by atoms with Crippen molar-refractivity contribution in [2.24, 2.45) is 5.41 Å². The van der Waals surface area contributed by atoms with E-state index in [4.69, 9.17) is 0 Å².